The summed E-state index contributed by atoms with van der Waals surface area (Å²) in [6.45, 7) is 5.83. The van der Waals surface area contributed by atoms with Gasteiger partial charge in [-0.2, -0.15) is 0 Å². The van der Waals surface area contributed by atoms with E-state index in [-0.39, 0.29) is 30.3 Å². The van der Waals surface area contributed by atoms with Gasteiger partial charge in [0.25, 0.3) is 0 Å². The number of carbonyl (C=O) groups is 2. The number of rotatable bonds is 4. The third kappa shape index (κ3) is 4.23. The number of benzene rings is 1. The summed E-state index contributed by atoms with van der Waals surface area (Å²) in [7, 11) is 0. The van der Waals surface area contributed by atoms with Gasteiger partial charge in [0.1, 0.15) is 12.4 Å². The first-order chi connectivity index (χ1) is 14.0. The predicted molar refractivity (Wildman–Crippen MR) is 109 cm³/mol. The molecule has 0 aliphatic carbocycles. The molecule has 152 valence electrons. The molecule has 7 nitrogen and oxygen atoms in total. The predicted octanol–water partition coefficient (Wildman–Crippen LogP) is 2.52. The molecular weight excluding hydrogens is 368 g/mol. The van der Waals surface area contributed by atoms with Crippen LogP contribution in [0.1, 0.15) is 30.4 Å². The molecular formula is C22H26N4O3. The summed E-state index contributed by atoms with van der Waals surface area (Å²) in [4.78, 5) is 37.1. The van der Waals surface area contributed by atoms with Crippen LogP contribution in [0.5, 0.6) is 5.88 Å². The van der Waals surface area contributed by atoms with E-state index in [1.807, 2.05) is 30.0 Å². The first-order valence-electron chi connectivity index (χ1n) is 10.1. The molecule has 1 unspecified atom stereocenters. The van der Waals surface area contributed by atoms with Crippen molar-refractivity contribution < 1.29 is 14.3 Å². The highest BCUT2D eigenvalue weighted by atomic mass is 16.5. The van der Waals surface area contributed by atoms with Crippen molar-refractivity contribution >= 4 is 17.5 Å². The second-order valence-corrected chi connectivity index (χ2v) is 7.86. The van der Waals surface area contributed by atoms with E-state index in [0.717, 1.165) is 24.1 Å². The maximum absolute atomic E-state index is 13.0. The molecule has 2 aromatic rings. The van der Waals surface area contributed by atoms with Crippen molar-refractivity contribution in [1.82, 2.24) is 14.9 Å². The summed E-state index contributed by atoms with van der Waals surface area (Å²) in [5, 5.41) is 0. The Morgan fingerprint density at radius 3 is 2.62 bits per heavy atom. The molecule has 2 fully saturated rings. The Balaban J connectivity index is 1.33. The number of aromatic nitrogens is 2. The number of anilines is 1. The van der Waals surface area contributed by atoms with Crippen molar-refractivity contribution in [2.75, 3.05) is 24.5 Å². The highest BCUT2D eigenvalue weighted by molar-refractivity contribution is 6.00. The molecule has 2 aliphatic rings. The van der Waals surface area contributed by atoms with Crippen LogP contribution in [0.3, 0.4) is 0 Å². The van der Waals surface area contributed by atoms with Crippen LogP contribution in [-0.2, 0) is 9.59 Å². The molecule has 0 radical (unpaired) electrons. The third-order valence-corrected chi connectivity index (χ3v) is 5.87. The molecule has 0 N–H and O–H groups in total. The molecule has 2 saturated heterocycles. The molecule has 7 heteroatoms. The lowest BCUT2D eigenvalue weighted by molar-refractivity contribution is -0.137. The number of hydrogen-bond acceptors (Lipinski definition) is 5. The second-order valence-electron chi connectivity index (χ2n) is 7.86. The Labute approximate surface area is 170 Å². The number of nitrogens with zero attached hydrogens (tertiary/aromatic N) is 4. The first kappa shape index (κ1) is 19.4. The van der Waals surface area contributed by atoms with Gasteiger partial charge in [0.15, 0.2) is 0 Å². The highest BCUT2D eigenvalue weighted by Crippen LogP contribution is 2.29. The summed E-state index contributed by atoms with van der Waals surface area (Å²) in [5.74, 6) is 0.386. The lowest BCUT2D eigenvalue weighted by Crippen LogP contribution is -2.45. The van der Waals surface area contributed by atoms with Gasteiger partial charge in [0.2, 0.25) is 17.7 Å². The van der Waals surface area contributed by atoms with Gasteiger partial charge in [-0.25, -0.2) is 9.97 Å². The molecule has 3 heterocycles. The van der Waals surface area contributed by atoms with Crippen LogP contribution in [0.2, 0.25) is 0 Å². The van der Waals surface area contributed by atoms with E-state index in [4.69, 9.17) is 4.74 Å². The molecule has 2 amide bonds. The van der Waals surface area contributed by atoms with E-state index in [1.54, 1.807) is 17.2 Å². The zero-order chi connectivity index (χ0) is 20.4. The van der Waals surface area contributed by atoms with E-state index in [1.165, 1.54) is 11.9 Å². The zero-order valence-corrected chi connectivity index (χ0v) is 16.9. The minimum atomic E-state index is -0.275. The molecule has 29 heavy (non-hydrogen) atoms. The number of piperidine rings is 1. The van der Waals surface area contributed by atoms with Gasteiger partial charge in [0.05, 0.1) is 5.92 Å². The van der Waals surface area contributed by atoms with E-state index < -0.39 is 0 Å². The molecule has 1 aromatic heterocycles. The van der Waals surface area contributed by atoms with Crippen molar-refractivity contribution in [3.63, 3.8) is 0 Å². The lowest BCUT2D eigenvalue weighted by Gasteiger charge is -2.33. The number of aryl methyl sites for hydroxylation is 2. The fourth-order valence-electron chi connectivity index (χ4n) is 3.99. The van der Waals surface area contributed by atoms with Crippen molar-refractivity contribution in [2.45, 2.75) is 39.2 Å². The zero-order valence-electron chi connectivity index (χ0n) is 16.9. The summed E-state index contributed by atoms with van der Waals surface area (Å²) in [5.41, 5.74) is 3.22. The molecule has 1 aromatic carbocycles. The van der Waals surface area contributed by atoms with E-state index >= 15 is 0 Å². The maximum Gasteiger partial charge on any atom is 0.228 e. The number of ether oxygens (including phenoxy) is 1. The standard InChI is InChI=1S/C22H26N4O3/c1-15-3-4-18(11-16(15)2)26-13-17(12-21(26)27)22(28)25-9-6-19(7-10-25)29-20-5-8-23-14-24-20/h3-5,8,11,14,17,19H,6-7,9-10,12-13H2,1-2H3. The van der Waals surface area contributed by atoms with Gasteiger partial charge < -0.3 is 14.5 Å². The van der Waals surface area contributed by atoms with Crippen molar-refractivity contribution in [3.05, 3.63) is 47.9 Å². The minimum Gasteiger partial charge on any atom is -0.474 e. The summed E-state index contributed by atoms with van der Waals surface area (Å²) >= 11 is 0. The third-order valence-electron chi connectivity index (χ3n) is 5.87. The first-order valence-corrected chi connectivity index (χ1v) is 10.1. The normalized spacial score (nSPS) is 20.2. The van der Waals surface area contributed by atoms with Crippen LogP contribution in [0, 0.1) is 19.8 Å². The van der Waals surface area contributed by atoms with E-state index in [0.29, 0.717) is 25.5 Å². The Bertz CT molecular complexity index is 894. The minimum absolute atomic E-state index is 0.0218. The van der Waals surface area contributed by atoms with Gasteiger partial charge in [-0.3, -0.25) is 9.59 Å². The van der Waals surface area contributed by atoms with Crippen molar-refractivity contribution in [2.24, 2.45) is 5.92 Å². The average Bonchev–Trinajstić information content (AvgIpc) is 3.12. The quantitative estimate of drug-likeness (QED) is 0.797. The highest BCUT2D eigenvalue weighted by Gasteiger charge is 2.38. The van der Waals surface area contributed by atoms with Crippen LogP contribution in [0.15, 0.2) is 36.8 Å². The number of likely N-dealkylation sites (tertiary alicyclic amines) is 1. The number of hydrogen-bond donors (Lipinski definition) is 0. The summed E-state index contributed by atoms with van der Waals surface area (Å²) in [6.07, 6.45) is 4.97. The average molecular weight is 394 g/mol. The van der Waals surface area contributed by atoms with Gasteiger partial charge in [-0.1, -0.05) is 6.07 Å². The fraction of sp³-hybridized carbons (Fsp3) is 0.455. The smallest absolute Gasteiger partial charge is 0.228 e. The van der Waals surface area contributed by atoms with E-state index in [2.05, 4.69) is 16.9 Å². The molecule has 0 spiro atoms. The Morgan fingerprint density at radius 1 is 1.14 bits per heavy atom. The van der Waals surface area contributed by atoms with Crippen LogP contribution in [0.25, 0.3) is 0 Å². The Morgan fingerprint density at radius 2 is 1.93 bits per heavy atom. The molecule has 2 aliphatic heterocycles. The molecule has 0 bridgehead atoms. The van der Waals surface area contributed by atoms with E-state index in [9.17, 15) is 9.59 Å². The molecule has 0 saturated carbocycles. The molecule has 4 rings (SSSR count). The van der Waals surface area contributed by atoms with Gasteiger partial charge in [-0.05, 0) is 37.1 Å². The second kappa shape index (κ2) is 8.19. The van der Waals surface area contributed by atoms with Gasteiger partial charge in [-0.15, -0.1) is 0 Å². The van der Waals surface area contributed by atoms with Gasteiger partial charge in [0, 0.05) is 56.8 Å². The topological polar surface area (TPSA) is 75.6 Å². The largest absolute Gasteiger partial charge is 0.474 e. The Kier molecular flexibility index (Phi) is 5.47. The molecule has 1 atom stereocenters. The van der Waals surface area contributed by atoms with Crippen LogP contribution in [-0.4, -0.2) is 52.4 Å². The van der Waals surface area contributed by atoms with Crippen LogP contribution in [0.4, 0.5) is 5.69 Å². The SMILES string of the molecule is Cc1ccc(N2CC(C(=O)N3CCC(Oc4ccncn4)CC3)CC2=O)cc1C. The van der Waals surface area contributed by atoms with Crippen LogP contribution >= 0.6 is 0 Å². The van der Waals surface area contributed by atoms with Gasteiger partial charge >= 0.3 is 0 Å². The summed E-state index contributed by atoms with van der Waals surface area (Å²) in [6, 6.07) is 7.75. The van der Waals surface area contributed by atoms with Crippen molar-refractivity contribution in [3.8, 4) is 5.88 Å². The number of amides is 2. The fourth-order valence-corrected chi connectivity index (χ4v) is 3.99. The van der Waals surface area contributed by atoms with Crippen molar-refractivity contribution in [1.29, 1.82) is 0 Å². The van der Waals surface area contributed by atoms with Crippen LogP contribution < -0.4 is 9.64 Å². The summed E-state index contributed by atoms with van der Waals surface area (Å²) < 4.78 is 5.87. The monoisotopic (exact) mass is 394 g/mol. The lowest BCUT2D eigenvalue weighted by atomic mass is 10.0. The number of carbonyl (C=O) groups excluding carboxylic acids is 2. The maximum atomic E-state index is 13.0. The Hall–Kier alpha value is -2.96.